The molecule has 5 rings (SSSR count). The van der Waals surface area contributed by atoms with E-state index in [9.17, 15) is 30.4 Å². The molecule has 5 aromatic carbocycles. The van der Waals surface area contributed by atoms with E-state index in [1.165, 1.54) is 36.4 Å². The summed E-state index contributed by atoms with van der Waals surface area (Å²) >= 11 is 0. The molecule has 0 radical (unpaired) electrons. The minimum absolute atomic E-state index is 0. The molecule has 0 aliphatic heterocycles. The molecule has 5 aromatic rings. The molecule has 0 aromatic heterocycles. The molecule has 0 aliphatic rings. The molecule has 0 amide bonds. The van der Waals surface area contributed by atoms with Crippen LogP contribution in [0.25, 0.3) is 0 Å². The fraction of sp³-hybridized carbons (Fsp3) is 0.474. The van der Waals surface area contributed by atoms with Gasteiger partial charge in [-0.25, -0.2) is 8.42 Å². The van der Waals surface area contributed by atoms with Gasteiger partial charge in [0, 0.05) is 78.7 Å². The van der Waals surface area contributed by atoms with E-state index in [1.54, 1.807) is 77.0 Å². The molecule has 0 unspecified atom stereocenters. The van der Waals surface area contributed by atoms with Crippen molar-refractivity contribution in [1.82, 2.24) is 0 Å². The number of halogens is 1. The minimum Gasteiger partial charge on any atom is -0.872 e. The van der Waals surface area contributed by atoms with Crippen molar-refractivity contribution in [3.8, 4) is 11.5 Å². The van der Waals surface area contributed by atoms with Crippen LogP contribution in [0.15, 0.2) is 136 Å². The van der Waals surface area contributed by atoms with Crippen LogP contribution in [0, 0.1) is 20.8 Å². The average Bonchev–Trinajstić information content (AvgIpc) is 3.45. The number of aryl methyl sites for hydroxylation is 3. The summed E-state index contributed by atoms with van der Waals surface area (Å²) in [5, 5.41) is 18.8. The maximum Gasteiger partial charge on any atom is 1.00 e. The smallest absolute Gasteiger partial charge is 0.872 e. The standard InChI is InChI=1S/C13H21NO3.2C12H18O5S.C8H11NO.C7H7ClO2S.C5H12O3.Na/c1-14(2)12-4-6-13(7-5-12)17-11-10-16-9-8-15-3;2*1-11-3-5-12(6-4-11)18(13,14)17-10-9-16-8-7-15-2;1-9(2)7-3-5-8(10)6-4-7;1-6-2-4-7(5-3-6)11(8,9)10;1-7-4-5-8-3-2-6;/h4-7H,8-11H2,1-3H3;2*3-6H,7-10H2,1-2H3;3-6,10H,1-2H3;2-5H,1H3;6H,2-5H2,1H3;/q;;;;;;+1/p-1. The SMILES string of the molecule is CN(C)c1ccc([O-])cc1.COCCOCCO.COCCOCCOS(=O)(=O)c1ccc(C)cc1.COCCOCCOS(=O)(=O)c1ccc(C)cc1.COCCOCCOc1ccc(N(C)C)cc1.Cc1ccc(S(=O)(=O)Cl)cc1.[Na+]. The first kappa shape index (κ1) is 81.1. The molecule has 83 heavy (non-hydrogen) atoms. The number of aliphatic hydroxyl groups is 1. The van der Waals surface area contributed by atoms with Crippen LogP contribution in [0.1, 0.15) is 16.7 Å². The molecule has 26 heteroatoms. The molecule has 0 bridgehead atoms. The fourth-order valence-electron chi connectivity index (χ4n) is 5.50. The number of hydrogen-bond donors (Lipinski definition) is 1. The predicted molar refractivity (Wildman–Crippen MR) is 317 cm³/mol. The zero-order valence-corrected chi connectivity index (χ0v) is 55.4. The van der Waals surface area contributed by atoms with Gasteiger partial charge in [-0.1, -0.05) is 65.2 Å². The summed E-state index contributed by atoms with van der Waals surface area (Å²) in [5.74, 6) is 0.927. The molecule has 1 N–H and O–H groups in total. The summed E-state index contributed by atoms with van der Waals surface area (Å²) in [7, 11) is 8.50. The number of aliphatic hydroxyl groups excluding tert-OH is 1. The second-order valence-corrected chi connectivity index (χ2v) is 23.0. The molecular weight excluding hydrogens is 1170 g/mol. The molecule has 0 atom stereocenters. The van der Waals surface area contributed by atoms with Crippen LogP contribution in [0.5, 0.6) is 11.5 Å². The van der Waals surface area contributed by atoms with Gasteiger partial charge >= 0.3 is 29.6 Å². The van der Waals surface area contributed by atoms with Crippen LogP contribution < -0.4 is 49.2 Å². The first-order chi connectivity index (χ1) is 39.0. The van der Waals surface area contributed by atoms with Gasteiger partial charge in [-0.2, -0.15) is 16.8 Å². The van der Waals surface area contributed by atoms with E-state index in [4.69, 9.17) is 62.0 Å². The summed E-state index contributed by atoms with van der Waals surface area (Å²) in [4.78, 5) is 4.47. The molecular formula is C57H86ClN2NaO19S3. The van der Waals surface area contributed by atoms with Gasteiger partial charge in [0.15, 0.2) is 0 Å². The Balaban J connectivity index is 0. The molecule has 464 valence electrons. The van der Waals surface area contributed by atoms with Crippen molar-refractivity contribution in [1.29, 1.82) is 0 Å². The number of methoxy groups -OCH3 is 4. The number of nitrogens with zero attached hydrogens (tertiary/aromatic N) is 2. The van der Waals surface area contributed by atoms with Crippen molar-refractivity contribution in [2.75, 3.05) is 172 Å². The van der Waals surface area contributed by atoms with Gasteiger partial charge in [-0.05, 0) is 93.6 Å². The Morgan fingerprint density at radius 3 is 1.00 bits per heavy atom. The third-order valence-electron chi connectivity index (χ3n) is 10.0. The number of ether oxygens (including phenoxy) is 9. The predicted octanol–water partition coefficient (Wildman–Crippen LogP) is 3.92. The van der Waals surface area contributed by atoms with Crippen molar-refractivity contribution in [3.05, 3.63) is 138 Å². The van der Waals surface area contributed by atoms with Crippen LogP contribution in [0.2, 0.25) is 0 Å². The number of benzene rings is 5. The largest absolute Gasteiger partial charge is 1.00 e. The fourth-order valence-corrected chi connectivity index (χ4v) is 8.05. The quantitative estimate of drug-likeness (QED) is 0.0286. The number of anilines is 2. The van der Waals surface area contributed by atoms with Gasteiger partial charge in [0.05, 0.1) is 114 Å². The van der Waals surface area contributed by atoms with Gasteiger partial charge in [0.2, 0.25) is 0 Å². The van der Waals surface area contributed by atoms with Crippen LogP contribution in [-0.4, -0.2) is 193 Å². The molecule has 21 nitrogen and oxygen atoms in total. The van der Waals surface area contributed by atoms with Gasteiger partial charge in [-0.15, -0.1) is 5.75 Å². The maximum atomic E-state index is 11.7. The van der Waals surface area contributed by atoms with E-state index in [0.29, 0.717) is 72.7 Å². The molecule has 0 heterocycles. The van der Waals surface area contributed by atoms with Crippen LogP contribution >= 0.6 is 10.7 Å². The Kier molecular flexibility index (Phi) is 48.0. The summed E-state index contributed by atoms with van der Waals surface area (Å²) in [6.07, 6.45) is 0. The van der Waals surface area contributed by atoms with E-state index in [-0.39, 0.29) is 83.0 Å². The normalized spacial score (nSPS) is 10.8. The third-order valence-corrected chi connectivity index (χ3v) is 14.0. The van der Waals surface area contributed by atoms with E-state index < -0.39 is 29.3 Å². The van der Waals surface area contributed by atoms with Gasteiger partial charge in [0.1, 0.15) is 12.4 Å². The van der Waals surface area contributed by atoms with Crippen LogP contribution in [0.4, 0.5) is 11.4 Å². The first-order valence-corrected chi connectivity index (χ1v) is 30.8. The molecule has 0 aliphatic carbocycles. The van der Waals surface area contributed by atoms with Crippen molar-refractivity contribution in [2.45, 2.75) is 35.5 Å². The van der Waals surface area contributed by atoms with Crippen LogP contribution in [0.3, 0.4) is 0 Å². The average molecular weight is 1260 g/mol. The van der Waals surface area contributed by atoms with Crippen molar-refractivity contribution in [2.24, 2.45) is 0 Å². The second-order valence-electron chi connectivity index (χ2n) is 17.2. The third kappa shape index (κ3) is 42.5. The Morgan fingerprint density at radius 1 is 0.410 bits per heavy atom. The van der Waals surface area contributed by atoms with E-state index in [2.05, 4.69) is 9.64 Å². The topological polar surface area (TPSA) is 254 Å². The maximum absolute atomic E-state index is 11.7. The molecule has 0 fully saturated rings. The number of hydrogen-bond acceptors (Lipinski definition) is 21. The summed E-state index contributed by atoms with van der Waals surface area (Å²) < 4.78 is 123. The zero-order chi connectivity index (χ0) is 61.7. The minimum atomic E-state index is -3.68. The zero-order valence-electron chi connectivity index (χ0n) is 50.2. The van der Waals surface area contributed by atoms with Gasteiger partial charge < -0.3 is 62.6 Å². The second kappa shape index (κ2) is 49.2. The van der Waals surface area contributed by atoms with E-state index >= 15 is 0 Å². The van der Waals surface area contributed by atoms with Crippen molar-refractivity contribution >= 4 is 51.3 Å². The van der Waals surface area contributed by atoms with Crippen LogP contribution in [-0.2, 0) is 75.5 Å². The Labute approximate surface area is 520 Å². The first-order valence-electron chi connectivity index (χ1n) is 25.6. The Bertz CT molecular complexity index is 2580. The Hall–Kier alpha value is -4.00. The van der Waals surface area contributed by atoms with Crippen molar-refractivity contribution < 1.29 is 116 Å². The van der Waals surface area contributed by atoms with Crippen molar-refractivity contribution in [3.63, 3.8) is 0 Å². The monoisotopic (exact) mass is 1260 g/mol. The summed E-state index contributed by atoms with van der Waals surface area (Å²) in [6, 6.07) is 34.1. The Morgan fingerprint density at radius 2 is 0.699 bits per heavy atom. The molecule has 0 saturated carbocycles. The summed E-state index contributed by atoms with van der Waals surface area (Å²) in [5.41, 5.74) is 5.22. The molecule has 0 saturated heterocycles. The van der Waals surface area contributed by atoms with E-state index in [0.717, 1.165) is 33.8 Å². The van der Waals surface area contributed by atoms with Gasteiger partial charge in [-0.3, -0.25) is 8.37 Å². The van der Waals surface area contributed by atoms with Gasteiger partial charge in [0.25, 0.3) is 29.3 Å². The number of rotatable bonds is 31. The summed E-state index contributed by atoms with van der Waals surface area (Å²) in [6.45, 7) is 11.9. The molecule has 0 spiro atoms. The van der Waals surface area contributed by atoms with E-state index in [1.807, 2.05) is 90.3 Å².